The average molecular weight is 348 g/mol. The second kappa shape index (κ2) is 8.60. The first kappa shape index (κ1) is 18.1. The van der Waals surface area contributed by atoms with Gasteiger partial charge < -0.3 is 14.0 Å². The molecule has 3 heterocycles. The van der Waals surface area contributed by atoms with E-state index in [1.165, 1.54) is 0 Å². The van der Waals surface area contributed by atoms with Gasteiger partial charge in [-0.25, -0.2) is 0 Å². The number of β-amino-alcohol motifs (C(OH)–C–C–N with tert-alkyl or cyclic N) is 1. The molecule has 2 aromatic rings. The summed E-state index contributed by atoms with van der Waals surface area (Å²) in [6.07, 6.45) is 4.12. The summed E-state index contributed by atoms with van der Waals surface area (Å²) in [7, 11) is 0. The van der Waals surface area contributed by atoms with Crippen LogP contribution in [0.25, 0.3) is 0 Å². The number of aliphatic hydroxyl groups excluding tert-OH is 1. The summed E-state index contributed by atoms with van der Waals surface area (Å²) < 4.78 is 10.7. The highest BCUT2D eigenvalue weighted by Gasteiger charge is 2.27. The number of unbranched alkanes of at least 4 members (excludes halogenated alkanes) is 1. The Balaban J connectivity index is 1.47. The van der Waals surface area contributed by atoms with E-state index in [0.29, 0.717) is 18.2 Å². The molecule has 1 saturated heterocycles. The first-order valence-electron chi connectivity index (χ1n) is 9.17. The molecule has 138 valence electrons. The van der Waals surface area contributed by atoms with E-state index >= 15 is 0 Å². The van der Waals surface area contributed by atoms with Crippen LogP contribution in [0.5, 0.6) is 0 Å². The molecular weight excluding hydrogens is 320 g/mol. The van der Waals surface area contributed by atoms with Crippen molar-refractivity contribution in [2.75, 3.05) is 32.7 Å². The number of aromatic nitrogens is 2. The van der Waals surface area contributed by atoms with Crippen LogP contribution in [0.15, 0.2) is 27.3 Å². The molecule has 1 aliphatic rings. The highest BCUT2D eigenvalue weighted by Crippen LogP contribution is 2.22. The van der Waals surface area contributed by atoms with Crippen LogP contribution >= 0.6 is 0 Å². The summed E-state index contributed by atoms with van der Waals surface area (Å²) in [5, 5.41) is 14.3. The van der Waals surface area contributed by atoms with E-state index in [1.807, 2.05) is 6.07 Å². The van der Waals surface area contributed by atoms with Gasteiger partial charge in [-0.1, -0.05) is 18.5 Å². The fourth-order valence-electron chi connectivity index (χ4n) is 3.18. The first-order valence-corrected chi connectivity index (χ1v) is 9.17. The summed E-state index contributed by atoms with van der Waals surface area (Å²) >= 11 is 0. The fraction of sp³-hybridized carbons (Fsp3) is 0.667. The van der Waals surface area contributed by atoms with Crippen molar-refractivity contribution in [3.05, 3.63) is 35.9 Å². The Morgan fingerprint density at radius 1 is 1.28 bits per heavy atom. The van der Waals surface area contributed by atoms with Crippen molar-refractivity contribution in [3.63, 3.8) is 0 Å². The van der Waals surface area contributed by atoms with Gasteiger partial charge in [-0.05, 0) is 25.5 Å². The highest BCUT2D eigenvalue weighted by molar-refractivity contribution is 5.02. The maximum absolute atomic E-state index is 10.2. The van der Waals surface area contributed by atoms with Gasteiger partial charge in [0.1, 0.15) is 11.9 Å². The van der Waals surface area contributed by atoms with Crippen molar-refractivity contribution in [2.45, 2.75) is 45.3 Å². The number of rotatable bonds is 8. The van der Waals surface area contributed by atoms with Gasteiger partial charge in [0.15, 0.2) is 5.82 Å². The van der Waals surface area contributed by atoms with E-state index in [0.717, 1.165) is 51.3 Å². The van der Waals surface area contributed by atoms with Gasteiger partial charge in [-0.2, -0.15) is 4.98 Å². The minimum absolute atomic E-state index is 0.125. The molecule has 0 aromatic carbocycles. The number of hydrogen-bond acceptors (Lipinski definition) is 7. The molecular formula is C18H28N4O3. The van der Waals surface area contributed by atoms with Crippen LogP contribution < -0.4 is 0 Å². The molecule has 7 heteroatoms. The molecule has 3 rings (SSSR count). The normalized spacial score (nSPS) is 19.2. The van der Waals surface area contributed by atoms with Gasteiger partial charge in [0, 0.05) is 39.1 Å². The van der Waals surface area contributed by atoms with Gasteiger partial charge in [0.05, 0.1) is 12.3 Å². The van der Waals surface area contributed by atoms with Crippen LogP contribution in [0.4, 0.5) is 0 Å². The second-order valence-corrected chi connectivity index (χ2v) is 6.70. The summed E-state index contributed by atoms with van der Waals surface area (Å²) in [6.45, 7) is 8.50. The van der Waals surface area contributed by atoms with E-state index < -0.39 is 6.10 Å². The summed E-state index contributed by atoms with van der Waals surface area (Å²) in [6, 6.07) is 3.74. The molecule has 2 atom stereocenters. The molecule has 0 aliphatic carbocycles. The van der Waals surface area contributed by atoms with Crippen molar-refractivity contribution >= 4 is 0 Å². The zero-order chi connectivity index (χ0) is 17.6. The second-order valence-electron chi connectivity index (χ2n) is 6.70. The zero-order valence-electron chi connectivity index (χ0n) is 15.1. The van der Waals surface area contributed by atoms with Gasteiger partial charge in [-0.3, -0.25) is 9.80 Å². The van der Waals surface area contributed by atoms with Crippen molar-refractivity contribution in [2.24, 2.45) is 0 Å². The zero-order valence-corrected chi connectivity index (χ0v) is 15.1. The van der Waals surface area contributed by atoms with Crippen LogP contribution in [0.1, 0.15) is 56.3 Å². The third-order valence-corrected chi connectivity index (χ3v) is 4.85. The van der Waals surface area contributed by atoms with Crippen LogP contribution in [0.3, 0.4) is 0 Å². The maximum atomic E-state index is 10.2. The van der Waals surface area contributed by atoms with E-state index in [9.17, 15) is 5.11 Å². The number of hydrogen-bond donors (Lipinski definition) is 1. The van der Waals surface area contributed by atoms with Gasteiger partial charge in [-0.15, -0.1) is 0 Å². The third-order valence-electron chi connectivity index (χ3n) is 4.85. The summed E-state index contributed by atoms with van der Waals surface area (Å²) in [5.41, 5.74) is 0. The molecule has 2 aromatic heterocycles. The van der Waals surface area contributed by atoms with Gasteiger partial charge in [0.2, 0.25) is 5.89 Å². The van der Waals surface area contributed by atoms with Crippen LogP contribution in [0.2, 0.25) is 0 Å². The molecule has 0 bridgehead atoms. The van der Waals surface area contributed by atoms with Crippen LogP contribution in [-0.4, -0.2) is 57.8 Å². The molecule has 0 radical (unpaired) electrons. The minimum Gasteiger partial charge on any atom is -0.467 e. The monoisotopic (exact) mass is 348 g/mol. The van der Waals surface area contributed by atoms with E-state index in [1.54, 1.807) is 12.3 Å². The number of furan rings is 1. The molecule has 0 amide bonds. The highest BCUT2D eigenvalue weighted by atomic mass is 16.5. The smallest absolute Gasteiger partial charge is 0.243 e. The molecule has 1 aliphatic heterocycles. The SMILES string of the molecule is CCCCc1noc([C@H](C)N2CCN(C[C@@H](O)c3ccco3)CC2)n1. The number of nitrogens with zero attached hydrogens (tertiary/aromatic N) is 4. The third kappa shape index (κ3) is 4.68. The number of aryl methyl sites for hydroxylation is 1. The minimum atomic E-state index is -0.573. The predicted octanol–water partition coefficient (Wildman–Crippen LogP) is 2.42. The summed E-state index contributed by atoms with van der Waals surface area (Å²) in [4.78, 5) is 9.15. The first-order chi connectivity index (χ1) is 12.2. The van der Waals surface area contributed by atoms with Crippen LogP contribution in [0, 0.1) is 0 Å². The van der Waals surface area contributed by atoms with Gasteiger partial charge >= 0.3 is 0 Å². The Morgan fingerprint density at radius 2 is 2.08 bits per heavy atom. The average Bonchev–Trinajstić information content (AvgIpc) is 3.32. The topological polar surface area (TPSA) is 78.8 Å². The summed E-state index contributed by atoms with van der Waals surface area (Å²) in [5.74, 6) is 2.14. The Bertz CT molecular complexity index is 620. The van der Waals surface area contributed by atoms with E-state index in [2.05, 4.69) is 33.8 Å². The largest absolute Gasteiger partial charge is 0.467 e. The lowest BCUT2D eigenvalue weighted by molar-refractivity contribution is 0.0452. The van der Waals surface area contributed by atoms with Crippen molar-refractivity contribution in [1.82, 2.24) is 19.9 Å². The van der Waals surface area contributed by atoms with E-state index in [4.69, 9.17) is 8.94 Å². The molecule has 0 saturated carbocycles. The number of piperazine rings is 1. The molecule has 1 N–H and O–H groups in total. The lowest BCUT2D eigenvalue weighted by Crippen LogP contribution is -2.48. The Hall–Kier alpha value is -1.70. The van der Waals surface area contributed by atoms with Crippen LogP contribution in [-0.2, 0) is 6.42 Å². The van der Waals surface area contributed by atoms with E-state index in [-0.39, 0.29) is 6.04 Å². The molecule has 0 unspecified atom stereocenters. The Labute approximate surface area is 148 Å². The van der Waals surface area contributed by atoms with Crippen molar-refractivity contribution in [1.29, 1.82) is 0 Å². The fourth-order valence-corrected chi connectivity index (χ4v) is 3.18. The molecule has 1 fully saturated rings. The van der Waals surface area contributed by atoms with Crippen molar-refractivity contribution < 1.29 is 14.0 Å². The van der Waals surface area contributed by atoms with Gasteiger partial charge in [0.25, 0.3) is 0 Å². The lowest BCUT2D eigenvalue weighted by atomic mass is 10.2. The standard InChI is InChI=1S/C18H28N4O3/c1-3-4-7-17-19-18(25-20-17)14(2)22-10-8-21(9-11-22)13-15(23)16-6-5-12-24-16/h5-6,12,14-15,23H,3-4,7-11,13H2,1-2H3/t14-,15+/m0/s1. The van der Waals surface area contributed by atoms with Crippen molar-refractivity contribution in [3.8, 4) is 0 Å². The molecule has 7 nitrogen and oxygen atoms in total. The predicted molar refractivity (Wildman–Crippen MR) is 93.0 cm³/mol. The Morgan fingerprint density at radius 3 is 2.76 bits per heavy atom. The molecule has 25 heavy (non-hydrogen) atoms. The number of aliphatic hydroxyl groups is 1. The maximum Gasteiger partial charge on any atom is 0.243 e. The molecule has 0 spiro atoms. The lowest BCUT2D eigenvalue weighted by Gasteiger charge is -2.37. The quantitative estimate of drug-likeness (QED) is 0.785. The Kier molecular flexibility index (Phi) is 6.23.